The number of hydrogen-bond acceptors (Lipinski definition) is 2. The van der Waals surface area contributed by atoms with Crippen LogP contribution in [0.2, 0.25) is 0 Å². The van der Waals surface area contributed by atoms with Gasteiger partial charge in [0.1, 0.15) is 0 Å². The second-order valence-corrected chi connectivity index (χ2v) is 6.75. The molecule has 3 N–H and O–H groups in total. The lowest BCUT2D eigenvalue weighted by atomic mass is 9.84. The van der Waals surface area contributed by atoms with E-state index in [4.69, 9.17) is 5.73 Å². The lowest BCUT2D eigenvalue weighted by Crippen LogP contribution is -2.44. The highest BCUT2D eigenvalue weighted by Crippen LogP contribution is 2.25. The molecule has 2 unspecified atom stereocenters. The van der Waals surface area contributed by atoms with Crippen molar-refractivity contribution in [3.63, 3.8) is 0 Å². The number of rotatable bonds is 3. The van der Waals surface area contributed by atoms with Crippen molar-refractivity contribution in [2.24, 2.45) is 11.7 Å². The summed E-state index contributed by atoms with van der Waals surface area (Å²) >= 11 is 6.82. The third-order valence-corrected chi connectivity index (χ3v) is 4.85. The van der Waals surface area contributed by atoms with Crippen molar-refractivity contribution < 1.29 is 4.79 Å². The van der Waals surface area contributed by atoms with Crippen LogP contribution in [0.3, 0.4) is 0 Å². The molecule has 1 fully saturated rings. The predicted octanol–water partition coefficient (Wildman–Crippen LogP) is 3.46. The van der Waals surface area contributed by atoms with Gasteiger partial charge in [-0.2, -0.15) is 0 Å². The van der Waals surface area contributed by atoms with Crippen LogP contribution < -0.4 is 11.1 Å². The quantitative estimate of drug-likeness (QED) is 0.831. The topological polar surface area (TPSA) is 55.1 Å². The first-order valence-electron chi connectivity index (χ1n) is 6.58. The molecule has 3 nitrogen and oxygen atoms in total. The molecule has 1 amide bonds. The van der Waals surface area contributed by atoms with Crippen molar-refractivity contribution in [2.75, 3.05) is 6.54 Å². The molecule has 19 heavy (non-hydrogen) atoms. The molecule has 1 aromatic rings. The molecule has 0 radical (unpaired) electrons. The summed E-state index contributed by atoms with van der Waals surface area (Å²) in [6.45, 7) is 0.645. The number of hydrogen-bond donors (Lipinski definition) is 2. The minimum absolute atomic E-state index is 0.0234. The molecule has 0 spiro atoms. The summed E-state index contributed by atoms with van der Waals surface area (Å²) in [5, 5.41) is 3.13. The molecule has 104 valence electrons. The Morgan fingerprint density at radius 1 is 1.32 bits per heavy atom. The summed E-state index contributed by atoms with van der Waals surface area (Å²) < 4.78 is 1.76. The normalized spacial score (nSPS) is 23.1. The van der Waals surface area contributed by atoms with Crippen LogP contribution >= 0.6 is 31.9 Å². The smallest absolute Gasteiger partial charge is 0.252 e. The van der Waals surface area contributed by atoms with Crippen LogP contribution in [0, 0.1) is 5.92 Å². The number of benzene rings is 1. The van der Waals surface area contributed by atoms with Gasteiger partial charge in [-0.05, 0) is 59.4 Å². The van der Waals surface area contributed by atoms with Crippen LogP contribution in [0.1, 0.15) is 36.0 Å². The number of halogens is 2. The van der Waals surface area contributed by atoms with E-state index in [0.717, 1.165) is 21.8 Å². The Balaban J connectivity index is 2.07. The van der Waals surface area contributed by atoms with E-state index in [1.165, 1.54) is 12.8 Å². The van der Waals surface area contributed by atoms with Crippen LogP contribution in [-0.4, -0.2) is 18.5 Å². The number of amides is 1. The van der Waals surface area contributed by atoms with E-state index in [-0.39, 0.29) is 11.9 Å². The fourth-order valence-electron chi connectivity index (χ4n) is 2.60. The van der Waals surface area contributed by atoms with Gasteiger partial charge in [0, 0.05) is 15.0 Å². The van der Waals surface area contributed by atoms with Gasteiger partial charge in [-0.3, -0.25) is 4.79 Å². The van der Waals surface area contributed by atoms with Gasteiger partial charge < -0.3 is 11.1 Å². The van der Waals surface area contributed by atoms with Crippen molar-refractivity contribution in [1.82, 2.24) is 5.32 Å². The van der Waals surface area contributed by atoms with E-state index in [0.29, 0.717) is 18.0 Å². The zero-order chi connectivity index (χ0) is 13.8. The summed E-state index contributed by atoms with van der Waals surface area (Å²) in [7, 11) is 0. The van der Waals surface area contributed by atoms with Crippen LogP contribution in [-0.2, 0) is 0 Å². The maximum Gasteiger partial charge on any atom is 0.252 e. The summed E-state index contributed by atoms with van der Waals surface area (Å²) in [6, 6.07) is 5.79. The molecule has 0 saturated heterocycles. The second-order valence-electron chi connectivity index (χ2n) is 4.98. The Labute approximate surface area is 130 Å². The Kier molecular flexibility index (Phi) is 5.42. The Morgan fingerprint density at radius 2 is 2.05 bits per heavy atom. The van der Waals surface area contributed by atoms with Crippen molar-refractivity contribution >= 4 is 37.8 Å². The summed E-state index contributed by atoms with van der Waals surface area (Å²) in [5.41, 5.74) is 6.46. The summed E-state index contributed by atoms with van der Waals surface area (Å²) in [5.74, 6) is 0.386. The molecule has 1 aliphatic carbocycles. The van der Waals surface area contributed by atoms with Gasteiger partial charge in [-0.15, -0.1) is 0 Å². The van der Waals surface area contributed by atoms with Gasteiger partial charge in [-0.25, -0.2) is 0 Å². The van der Waals surface area contributed by atoms with E-state index >= 15 is 0 Å². The highest BCUT2D eigenvalue weighted by Gasteiger charge is 2.26. The SMILES string of the molecule is NCC1CCCCC1NC(=O)c1ccc(Br)cc1Br. The average molecular weight is 390 g/mol. The lowest BCUT2D eigenvalue weighted by molar-refractivity contribution is 0.0907. The molecule has 0 aliphatic heterocycles. The maximum atomic E-state index is 12.3. The van der Waals surface area contributed by atoms with Crippen LogP contribution in [0.4, 0.5) is 0 Å². The van der Waals surface area contributed by atoms with Gasteiger partial charge in [0.25, 0.3) is 5.91 Å². The molecule has 0 bridgehead atoms. The molecule has 1 aliphatic rings. The van der Waals surface area contributed by atoms with Crippen LogP contribution in [0.15, 0.2) is 27.1 Å². The molecule has 2 rings (SSSR count). The lowest BCUT2D eigenvalue weighted by Gasteiger charge is -2.31. The third kappa shape index (κ3) is 3.80. The Hall–Kier alpha value is -0.390. The Morgan fingerprint density at radius 3 is 2.74 bits per heavy atom. The number of nitrogens with one attached hydrogen (secondary N) is 1. The van der Waals surface area contributed by atoms with Gasteiger partial charge in [-0.1, -0.05) is 28.8 Å². The second kappa shape index (κ2) is 6.86. The molecule has 1 saturated carbocycles. The highest BCUT2D eigenvalue weighted by molar-refractivity contribution is 9.11. The zero-order valence-corrected chi connectivity index (χ0v) is 13.8. The number of nitrogens with two attached hydrogens (primary N) is 1. The van der Waals surface area contributed by atoms with Crippen LogP contribution in [0.5, 0.6) is 0 Å². The van der Waals surface area contributed by atoms with Gasteiger partial charge >= 0.3 is 0 Å². The summed E-state index contributed by atoms with van der Waals surface area (Å²) in [6.07, 6.45) is 4.53. The molecule has 2 atom stereocenters. The minimum atomic E-state index is -0.0234. The monoisotopic (exact) mass is 388 g/mol. The maximum absolute atomic E-state index is 12.3. The Bertz CT molecular complexity index is 465. The molecule has 5 heteroatoms. The number of carbonyl (C=O) groups is 1. The fraction of sp³-hybridized carbons (Fsp3) is 0.500. The average Bonchev–Trinajstić information content (AvgIpc) is 2.39. The molecule has 1 aromatic carbocycles. The first-order valence-corrected chi connectivity index (χ1v) is 8.16. The minimum Gasteiger partial charge on any atom is -0.349 e. The fourth-order valence-corrected chi connectivity index (χ4v) is 3.83. The number of carbonyl (C=O) groups excluding carboxylic acids is 1. The molecular formula is C14H18Br2N2O. The predicted molar refractivity (Wildman–Crippen MR) is 84.1 cm³/mol. The van der Waals surface area contributed by atoms with Crippen molar-refractivity contribution in [3.8, 4) is 0 Å². The van der Waals surface area contributed by atoms with E-state index < -0.39 is 0 Å². The van der Waals surface area contributed by atoms with Crippen LogP contribution in [0.25, 0.3) is 0 Å². The standard InChI is InChI=1S/C14H18Br2N2O/c15-10-5-6-11(12(16)7-10)14(19)18-13-4-2-1-3-9(13)8-17/h5-7,9,13H,1-4,8,17H2,(H,18,19). The molecule has 0 aromatic heterocycles. The van der Waals surface area contributed by atoms with Gasteiger partial charge in [0.05, 0.1) is 5.56 Å². The third-order valence-electron chi connectivity index (χ3n) is 3.70. The van der Waals surface area contributed by atoms with Crippen molar-refractivity contribution in [2.45, 2.75) is 31.7 Å². The van der Waals surface area contributed by atoms with Gasteiger partial charge in [0.2, 0.25) is 0 Å². The largest absolute Gasteiger partial charge is 0.349 e. The molecule has 0 heterocycles. The van der Waals surface area contributed by atoms with Gasteiger partial charge in [0.15, 0.2) is 0 Å². The van der Waals surface area contributed by atoms with E-state index in [2.05, 4.69) is 37.2 Å². The molecular weight excluding hydrogens is 372 g/mol. The van der Waals surface area contributed by atoms with Crippen molar-refractivity contribution in [3.05, 3.63) is 32.7 Å². The zero-order valence-electron chi connectivity index (χ0n) is 10.7. The van der Waals surface area contributed by atoms with E-state index in [9.17, 15) is 4.79 Å². The first kappa shape index (κ1) is 15.0. The van der Waals surface area contributed by atoms with Crippen molar-refractivity contribution in [1.29, 1.82) is 0 Å². The van der Waals surface area contributed by atoms with E-state index in [1.807, 2.05) is 18.2 Å². The first-order chi connectivity index (χ1) is 9.11. The summed E-state index contributed by atoms with van der Waals surface area (Å²) in [4.78, 5) is 12.3. The highest BCUT2D eigenvalue weighted by atomic mass is 79.9. The van der Waals surface area contributed by atoms with E-state index in [1.54, 1.807) is 0 Å².